The molecule has 0 radical (unpaired) electrons. The summed E-state index contributed by atoms with van der Waals surface area (Å²) in [6.07, 6.45) is 5.46. The van der Waals surface area contributed by atoms with Crippen molar-refractivity contribution in [3.63, 3.8) is 0 Å². The summed E-state index contributed by atoms with van der Waals surface area (Å²) in [6, 6.07) is 7.90. The Kier molecular flexibility index (Phi) is 2.03. The van der Waals surface area contributed by atoms with Gasteiger partial charge in [0, 0.05) is 0 Å². The second-order valence-electron chi connectivity index (χ2n) is 3.32. The zero-order valence-electron chi connectivity index (χ0n) is 7.57. The predicted octanol–water partition coefficient (Wildman–Crippen LogP) is 2.69. The van der Waals surface area contributed by atoms with Crippen molar-refractivity contribution in [1.29, 1.82) is 0 Å². The van der Waals surface area contributed by atoms with Gasteiger partial charge in [0.1, 0.15) is 0 Å². The molecular formula is C12H12O. The fourth-order valence-corrected chi connectivity index (χ4v) is 1.55. The van der Waals surface area contributed by atoms with E-state index in [0.717, 1.165) is 16.7 Å². The Morgan fingerprint density at radius 2 is 1.92 bits per heavy atom. The van der Waals surface area contributed by atoms with Crippen LogP contribution in [0.2, 0.25) is 0 Å². The van der Waals surface area contributed by atoms with Crippen molar-refractivity contribution in [2.24, 2.45) is 0 Å². The molecule has 0 aromatic heterocycles. The molecule has 66 valence electrons. The fraction of sp³-hybridized carbons (Fsp3) is 0.167. The SMILES string of the molecule is CC1=CC(O)c2ccccc2C=C1. The van der Waals surface area contributed by atoms with Gasteiger partial charge in [-0.25, -0.2) is 0 Å². The lowest BCUT2D eigenvalue weighted by atomic mass is 10.0. The predicted molar refractivity (Wildman–Crippen MR) is 54.2 cm³/mol. The maximum atomic E-state index is 9.80. The van der Waals surface area contributed by atoms with Gasteiger partial charge in [-0.1, -0.05) is 42.0 Å². The molecule has 0 heterocycles. The van der Waals surface area contributed by atoms with Gasteiger partial charge in [0.15, 0.2) is 0 Å². The molecule has 1 nitrogen and oxygen atoms in total. The van der Waals surface area contributed by atoms with Gasteiger partial charge in [-0.15, -0.1) is 0 Å². The number of hydrogen-bond acceptors (Lipinski definition) is 1. The molecule has 13 heavy (non-hydrogen) atoms. The third-order valence-electron chi connectivity index (χ3n) is 2.26. The van der Waals surface area contributed by atoms with Crippen LogP contribution in [-0.2, 0) is 0 Å². The van der Waals surface area contributed by atoms with Crippen molar-refractivity contribution >= 4 is 6.08 Å². The Bertz CT molecular complexity index is 374. The van der Waals surface area contributed by atoms with E-state index >= 15 is 0 Å². The topological polar surface area (TPSA) is 20.2 Å². The second-order valence-corrected chi connectivity index (χ2v) is 3.32. The number of allylic oxidation sites excluding steroid dienone is 2. The highest BCUT2D eigenvalue weighted by Crippen LogP contribution is 2.24. The Hall–Kier alpha value is -1.34. The minimum atomic E-state index is -0.466. The first kappa shape index (κ1) is 8.27. The van der Waals surface area contributed by atoms with E-state index in [9.17, 15) is 5.11 Å². The molecule has 1 atom stereocenters. The highest BCUT2D eigenvalue weighted by atomic mass is 16.3. The summed E-state index contributed by atoms with van der Waals surface area (Å²) in [7, 11) is 0. The van der Waals surface area contributed by atoms with E-state index in [1.807, 2.05) is 49.4 Å². The van der Waals surface area contributed by atoms with Crippen LogP contribution in [0.25, 0.3) is 6.08 Å². The van der Waals surface area contributed by atoms with Gasteiger partial charge in [-0.2, -0.15) is 0 Å². The highest BCUT2D eigenvalue weighted by Gasteiger charge is 2.09. The lowest BCUT2D eigenvalue weighted by Crippen LogP contribution is -1.94. The van der Waals surface area contributed by atoms with Gasteiger partial charge in [0.05, 0.1) is 6.10 Å². The van der Waals surface area contributed by atoms with Crippen LogP contribution < -0.4 is 0 Å². The molecule has 0 saturated carbocycles. The average molecular weight is 172 g/mol. The molecule has 1 N–H and O–H groups in total. The van der Waals surface area contributed by atoms with Crippen molar-refractivity contribution in [1.82, 2.24) is 0 Å². The summed E-state index contributed by atoms with van der Waals surface area (Å²) in [5.41, 5.74) is 3.18. The van der Waals surface area contributed by atoms with Gasteiger partial charge < -0.3 is 5.11 Å². The monoisotopic (exact) mass is 172 g/mol. The number of fused-ring (bicyclic) bond motifs is 1. The highest BCUT2D eigenvalue weighted by molar-refractivity contribution is 5.59. The van der Waals surface area contributed by atoms with E-state index in [-0.39, 0.29) is 0 Å². The quantitative estimate of drug-likeness (QED) is 0.638. The number of aliphatic hydroxyl groups is 1. The van der Waals surface area contributed by atoms with Crippen molar-refractivity contribution < 1.29 is 5.11 Å². The molecule has 1 aromatic rings. The maximum Gasteiger partial charge on any atom is 0.0983 e. The minimum Gasteiger partial charge on any atom is -0.384 e. The van der Waals surface area contributed by atoms with E-state index in [4.69, 9.17) is 0 Å². The van der Waals surface area contributed by atoms with Gasteiger partial charge >= 0.3 is 0 Å². The van der Waals surface area contributed by atoms with Crippen molar-refractivity contribution in [3.05, 3.63) is 53.1 Å². The molecule has 0 fully saturated rings. The van der Waals surface area contributed by atoms with Crippen LogP contribution in [-0.4, -0.2) is 5.11 Å². The molecule has 1 unspecified atom stereocenters. The van der Waals surface area contributed by atoms with Crippen molar-refractivity contribution in [3.8, 4) is 0 Å². The molecule has 0 saturated heterocycles. The number of aliphatic hydroxyl groups excluding tert-OH is 1. The van der Waals surface area contributed by atoms with Crippen molar-refractivity contribution in [2.75, 3.05) is 0 Å². The summed E-state index contributed by atoms with van der Waals surface area (Å²) in [5.74, 6) is 0. The number of rotatable bonds is 0. The van der Waals surface area contributed by atoms with Crippen LogP contribution in [0, 0.1) is 0 Å². The van der Waals surface area contributed by atoms with Crippen LogP contribution in [0.5, 0.6) is 0 Å². The van der Waals surface area contributed by atoms with Crippen LogP contribution >= 0.6 is 0 Å². The normalized spacial score (nSPS) is 20.5. The lowest BCUT2D eigenvalue weighted by molar-refractivity contribution is 0.228. The van der Waals surface area contributed by atoms with E-state index < -0.39 is 6.10 Å². The standard InChI is InChI=1S/C12H12O/c1-9-6-7-10-4-2-3-5-11(10)12(13)8-9/h2-8,12-13H,1H3. The smallest absolute Gasteiger partial charge is 0.0983 e. The third kappa shape index (κ3) is 1.56. The molecule has 1 heteroatoms. The van der Waals surface area contributed by atoms with Gasteiger partial charge in [-0.05, 0) is 24.1 Å². The van der Waals surface area contributed by atoms with Gasteiger partial charge in [0.25, 0.3) is 0 Å². The van der Waals surface area contributed by atoms with E-state index in [1.165, 1.54) is 0 Å². The molecule has 0 aliphatic heterocycles. The lowest BCUT2D eigenvalue weighted by Gasteiger charge is -2.07. The van der Waals surface area contributed by atoms with E-state index in [1.54, 1.807) is 0 Å². The maximum absolute atomic E-state index is 9.80. The first-order valence-electron chi connectivity index (χ1n) is 4.41. The minimum absolute atomic E-state index is 0.466. The van der Waals surface area contributed by atoms with E-state index in [0.29, 0.717) is 0 Å². The Balaban J connectivity index is 2.55. The molecule has 1 aromatic carbocycles. The van der Waals surface area contributed by atoms with E-state index in [2.05, 4.69) is 0 Å². The van der Waals surface area contributed by atoms with Gasteiger partial charge in [-0.3, -0.25) is 0 Å². The molecule has 2 rings (SSSR count). The number of hydrogen-bond donors (Lipinski definition) is 1. The molecular weight excluding hydrogens is 160 g/mol. The Labute approximate surface area is 78.0 Å². The van der Waals surface area contributed by atoms with Crippen LogP contribution in [0.15, 0.2) is 42.0 Å². The molecule has 0 bridgehead atoms. The zero-order valence-corrected chi connectivity index (χ0v) is 7.57. The third-order valence-corrected chi connectivity index (χ3v) is 2.26. The first-order chi connectivity index (χ1) is 6.27. The molecule has 0 amide bonds. The first-order valence-corrected chi connectivity index (χ1v) is 4.41. The fourth-order valence-electron chi connectivity index (χ4n) is 1.55. The average Bonchev–Trinajstić information content (AvgIpc) is 2.27. The van der Waals surface area contributed by atoms with Crippen LogP contribution in [0.3, 0.4) is 0 Å². The Morgan fingerprint density at radius 1 is 1.15 bits per heavy atom. The zero-order chi connectivity index (χ0) is 9.26. The molecule has 1 aliphatic carbocycles. The van der Waals surface area contributed by atoms with Crippen LogP contribution in [0.4, 0.5) is 0 Å². The number of benzene rings is 1. The van der Waals surface area contributed by atoms with Crippen LogP contribution in [0.1, 0.15) is 24.2 Å². The summed E-state index contributed by atoms with van der Waals surface area (Å²) in [5, 5.41) is 9.80. The molecule has 0 spiro atoms. The summed E-state index contributed by atoms with van der Waals surface area (Å²) < 4.78 is 0. The largest absolute Gasteiger partial charge is 0.384 e. The summed E-state index contributed by atoms with van der Waals surface area (Å²) >= 11 is 0. The van der Waals surface area contributed by atoms with Gasteiger partial charge in [0.2, 0.25) is 0 Å². The molecule has 1 aliphatic rings. The van der Waals surface area contributed by atoms with Crippen molar-refractivity contribution in [2.45, 2.75) is 13.0 Å². The summed E-state index contributed by atoms with van der Waals surface area (Å²) in [6.45, 7) is 1.99. The second kappa shape index (κ2) is 3.19. The summed E-state index contributed by atoms with van der Waals surface area (Å²) in [4.78, 5) is 0. The Morgan fingerprint density at radius 3 is 2.77 bits per heavy atom.